The average molecular weight is 328 g/mol. The maximum atomic E-state index is 12.1. The molecule has 2 heterocycles. The molecule has 0 spiro atoms. The number of para-hydroxylation sites is 1. The molecule has 1 aliphatic heterocycles. The lowest BCUT2D eigenvalue weighted by atomic mass is 10.1. The molecule has 0 fully saturated rings. The van der Waals surface area contributed by atoms with Crippen molar-refractivity contribution < 1.29 is 13.9 Å². The van der Waals surface area contributed by atoms with Crippen LogP contribution in [-0.4, -0.2) is 25.6 Å². The summed E-state index contributed by atoms with van der Waals surface area (Å²) < 4.78 is 10.7. The molecule has 24 heavy (non-hydrogen) atoms. The van der Waals surface area contributed by atoms with Gasteiger partial charge in [-0.1, -0.05) is 18.2 Å². The topological polar surface area (TPSA) is 71.8 Å². The van der Waals surface area contributed by atoms with Gasteiger partial charge in [-0.15, -0.1) is 0 Å². The van der Waals surface area contributed by atoms with Crippen molar-refractivity contribution >= 4 is 11.6 Å². The first-order valence-electron chi connectivity index (χ1n) is 7.88. The van der Waals surface area contributed by atoms with Crippen LogP contribution < -0.4 is 20.4 Å². The van der Waals surface area contributed by atoms with Gasteiger partial charge in [-0.3, -0.25) is 9.59 Å². The summed E-state index contributed by atoms with van der Waals surface area (Å²) in [5.74, 6) is 0.300. The van der Waals surface area contributed by atoms with Crippen molar-refractivity contribution in [3.63, 3.8) is 0 Å². The quantitative estimate of drug-likeness (QED) is 0.905. The predicted molar refractivity (Wildman–Crippen MR) is 90.3 cm³/mol. The van der Waals surface area contributed by atoms with Gasteiger partial charge in [0.25, 0.3) is 5.91 Å². The third kappa shape index (κ3) is 3.27. The molecule has 1 aromatic carbocycles. The third-order valence-electron chi connectivity index (χ3n) is 4.16. The summed E-state index contributed by atoms with van der Waals surface area (Å²) in [4.78, 5) is 25.5. The van der Waals surface area contributed by atoms with Gasteiger partial charge in [0.2, 0.25) is 11.2 Å². The highest BCUT2D eigenvalue weighted by molar-refractivity contribution is 5.77. The molecule has 1 atom stereocenters. The van der Waals surface area contributed by atoms with E-state index in [9.17, 15) is 9.59 Å². The Hall–Kier alpha value is -2.76. The molecule has 0 bridgehead atoms. The number of carbonyl (C=O) groups excluding carboxylic acids is 1. The van der Waals surface area contributed by atoms with E-state index in [4.69, 9.17) is 9.15 Å². The van der Waals surface area contributed by atoms with Crippen molar-refractivity contribution in [2.45, 2.75) is 25.9 Å². The number of carbonyl (C=O) groups is 1. The second-order valence-electron chi connectivity index (χ2n) is 5.85. The number of hydrogen-bond donors (Lipinski definition) is 1. The Kier molecular flexibility index (Phi) is 4.55. The number of fused-ring (bicyclic) bond motifs is 1. The summed E-state index contributed by atoms with van der Waals surface area (Å²) in [5, 5.41) is 2.43. The number of likely N-dealkylation sites (N-methyl/N-ethyl adjacent to an activating group) is 1. The summed E-state index contributed by atoms with van der Waals surface area (Å²) >= 11 is 0. The summed E-state index contributed by atoms with van der Waals surface area (Å²) in [7, 11) is 1.51. The van der Waals surface area contributed by atoms with Crippen LogP contribution in [0.2, 0.25) is 0 Å². The van der Waals surface area contributed by atoms with Crippen LogP contribution in [0.3, 0.4) is 0 Å². The summed E-state index contributed by atoms with van der Waals surface area (Å²) in [5.41, 5.74) is 2.19. The minimum Gasteiger partial charge on any atom is -0.477 e. The first-order chi connectivity index (χ1) is 11.6. The number of ether oxygens (including phenoxy) is 1. The van der Waals surface area contributed by atoms with Gasteiger partial charge in [-0.2, -0.15) is 0 Å². The Morgan fingerprint density at radius 1 is 1.42 bits per heavy atom. The Morgan fingerprint density at radius 3 is 2.96 bits per heavy atom. The number of anilines is 1. The maximum absolute atomic E-state index is 12.1. The van der Waals surface area contributed by atoms with Gasteiger partial charge in [0.1, 0.15) is 12.0 Å². The monoisotopic (exact) mass is 328 g/mol. The lowest BCUT2D eigenvalue weighted by Gasteiger charge is -2.24. The van der Waals surface area contributed by atoms with Crippen molar-refractivity contribution in [1.82, 2.24) is 5.32 Å². The number of benzene rings is 1. The van der Waals surface area contributed by atoms with E-state index in [0.717, 1.165) is 6.42 Å². The Morgan fingerprint density at radius 2 is 2.21 bits per heavy atom. The molecule has 0 radical (unpaired) electrons. The highest BCUT2D eigenvalue weighted by Gasteiger charge is 2.26. The molecule has 3 rings (SSSR count). The zero-order valence-electron chi connectivity index (χ0n) is 13.7. The van der Waals surface area contributed by atoms with Crippen molar-refractivity contribution in [2.24, 2.45) is 0 Å². The lowest BCUT2D eigenvalue weighted by molar-refractivity contribution is -0.122. The number of hydrogen-bond acceptors (Lipinski definition) is 5. The minimum atomic E-state index is -0.305. The highest BCUT2D eigenvalue weighted by Crippen LogP contribution is 2.32. The second kappa shape index (κ2) is 6.78. The Labute approximate surface area is 140 Å². The fourth-order valence-corrected chi connectivity index (χ4v) is 2.88. The molecule has 0 saturated carbocycles. The van der Waals surface area contributed by atoms with Crippen LogP contribution >= 0.6 is 0 Å². The van der Waals surface area contributed by atoms with E-state index in [1.807, 2.05) is 12.1 Å². The van der Waals surface area contributed by atoms with Gasteiger partial charge >= 0.3 is 0 Å². The van der Waals surface area contributed by atoms with E-state index >= 15 is 0 Å². The number of nitrogens with zero attached hydrogens (tertiary/aromatic N) is 1. The highest BCUT2D eigenvalue weighted by atomic mass is 16.5. The van der Waals surface area contributed by atoms with Gasteiger partial charge < -0.3 is 19.4 Å². The van der Waals surface area contributed by atoms with E-state index in [1.54, 1.807) is 0 Å². The van der Waals surface area contributed by atoms with Gasteiger partial charge in [0.15, 0.2) is 6.61 Å². The van der Waals surface area contributed by atoms with Crippen LogP contribution in [0.5, 0.6) is 5.75 Å². The van der Waals surface area contributed by atoms with Crippen LogP contribution in [0.4, 0.5) is 5.69 Å². The molecular formula is C18H20N2O4. The van der Waals surface area contributed by atoms with Crippen LogP contribution in [0.1, 0.15) is 18.2 Å². The number of amides is 1. The van der Waals surface area contributed by atoms with Crippen molar-refractivity contribution in [1.29, 1.82) is 0 Å². The van der Waals surface area contributed by atoms with Crippen LogP contribution in [0.25, 0.3) is 0 Å². The van der Waals surface area contributed by atoms with E-state index in [0.29, 0.717) is 18.3 Å². The zero-order chi connectivity index (χ0) is 17.1. The van der Waals surface area contributed by atoms with Gasteiger partial charge in [0.05, 0.1) is 6.54 Å². The second-order valence-corrected chi connectivity index (χ2v) is 5.85. The molecule has 0 aliphatic carbocycles. The smallest absolute Gasteiger partial charge is 0.257 e. The summed E-state index contributed by atoms with van der Waals surface area (Å²) in [6.07, 6.45) is 2.25. The largest absolute Gasteiger partial charge is 0.477 e. The molecule has 6 heteroatoms. The van der Waals surface area contributed by atoms with Gasteiger partial charge in [-0.05, 0) is 25.0 Å². The zero-order valence-corrected chi connectivity index (χ0v) is 13.7. The van der Waals surface area contributed by atoms with E-state index in [-0.39, 0.29) is 23.7 Å². The van der Waals surface area contributed by atoms with E-state index in [2.05, 4.69) is 29.3 Å². The van der Waals surface area contributed by atoms with Crippen LogP contribution in [0, 0.1) is 0 Å². The number of rotatable bonds is 5. The summed E-state index contributed by atoms with van der Waals surface area (Å²) in [6.45, 7) is 2.46. The van der Waals surface area contributed by atoms with Crippen molar-refractivity contribution in [3.05, 3.63) is 58.1 Å². The van der Waals surface area contributed by atoms with Crippen molar-refractivity contribution in [2.75, 3.05) is 18.6 Å². The molecule has 126 valence electrons. The molecule has 2 aromatic rings. The standard InChI is InChI=1S/C18H20N2O4/c1-12-7-13-5-3-4-6-15(13)20(12)9-14-8-16(21)17(10-23-14)24-11-18(22)19-2/h3-6,8,10,12H,7,9,11H2,1-2H3,(H,19,22)/t12-/m1/s1. The van der Waals surface area contributed by atoms with E-state index in [1.165, 1.54) is 30.6 Å². The van der Waals surface area contributed by atoms with Gasteiger partial charge in [-0.25, -0.2) is 0 Å². The van der Waals surface area contributed by atoms with Crippen LogP contribution in [-0.2, 0) is 17.8 Å². The average Bonchev–Trinajstić information content (AvgIpc) is 2.89. The van der Waals surface area contributed by atoms with E-state index < -0.39 is 0 Å². The van der Waals surface area contributed by atoms with Gasteiger partial charge in [0, 0.05) is 24.8 Å². The molecule has 1 aliphatic rings. The summed E-state index contributed by atoms with van der Waals surface area (Å²) in [6, 6.07) is 10.0. The maximum Gasteiger partial charge on any atom is 0.257 e. The minimum absolute atomic E-state index is 0.0391. The van der Waals surface area contributed by atoms with Crippen molar-refractivity contribution in [3.8, 4) is 5.75 Å². The predicted octanol–water partition coefficient (Wildman–Crippen LogP) is 1.72. The lowest BCUT2D eigenvalue weighted by Crippen LogP contribution is -2.29. The normalized spacial score (nSPS) is 15.9. The van der Waals surface area contributed by atoms with Crippen LogP contribution in [0.15, 0.2) is 45.8 Å². The molecule has 6 nitrogen and oxygen atoms in total. The fourth-order valence-electron chi connectivity index (χ4n) is 2.88. The first kappa shape index (κ1) is 16.1. The molecule has 0 unspecified atom stereocenters. The molecule has 1 aromatic heterocycles. The number of nitrogens with one attached hydrogen (secondary N) is 1. The molecule has 1 amide bonds. The Bertz CT molecular complexity index is 800. The fraction of sp³-hybridized carbons (Fsp3) is 0.333. The SMILES string of the molecule is CNC(=O)COc1coc(CN2c3ccccc3C[C@H]2C)cc1=O. The Balaban J connectivity index is 1.74. The molecule has 1 N–H and O–H groups in total. The molecule has 0 saturated heterocycles. The third-order valence-corrected chi connectivity index (χ3v) is 4.16. The molecular weight excluding hydrogens is 308 g/mol. The first-order valence-corrected chi connectivity index (χ1v) is 7.88.